The predicted octanol–water partition coefficient (Wildman–Crippen LogP) is 3.86. The number of rotatable bonds is 9. The Morgan fingerprint density at radius 3 is 2.09 bits per heavy atom. The van der Waals surface area contributed by atoms with Crippen molar-refractivity contribution in [3.8, 4) is 5.75 Å². The summed E-state index contributed by atoms with van der Waals surface area (Å²) in [7, 11) is 0. The van der Waals surface area contributed by atoms with Crippen LogP contribution in [-0.2, 0) is 11.2 Å². The molecule has 1 N–H and O–H groups in total. The Labute approximate surface area is 135 Å². The molecular formula is C19H31NO2. The zero-order valence-electron chi connectivity index (χ0n) is 14.8. The van der Waals surface area contributed by atoms with E-state index in [4.69, 9.17) is 4.74 Å². The third kappa shape index (κ3) is 6.61. The van der Waals surface area contributed by atoms with Gasteiger partial charge in [0.1, 0.15) is 5.75 Å². The lowest BCUT2D eigenvalue weighted by Gasteiger charge is -2.22. The lowest BCUT2D eigenvalue weighted by atomic mass is 9.95. The third-order valence-electron chi connectivity index (χ3n) is 3.39. The monoisotopic (exact) mass is 305 g/mol. The van der Waals surface area contributed by atoms with E-state index in [1.54, 1.807) is 0 Å². The number of benzene rings is 1. The van der Waals surface area contributed by atoms with E-state index in [1.165, 1.54) is 0 Å². The molecule has 1 aromatic carbocycles. The van der Waals surface area contributed by atoms with Crippen molar-refractivity contribution in [2.24, 2.45) is 11.8 Å². The van der Waals surface area contributed by atoms with Crippen LogP contribution in [0.4, 0.5) is 0 Å². The van der Waals surface area contributed by atoms with Gasteiger partial charge in [0.15, 0.2) is 5.78 Å². The molecule has 0 spiro atoms. The molecule has 0 bridgehead atoms. The van der Waals surface area contributed by atoms with Crippen LogP contribution in [0.2, 0.25) is 0 Å². The second-order valence-corrected chi connectivity index (χ2v) is 6.98. The molecule has 124 valence electrons. The fourth-order valence-electron chi connectivity index (χ4n) is 2.27. The Hall–Kier alpha value is -1.35. The van der Waals surface area contributed by atoms with E-state index in [9.17, 15) is 4.79 Å². The molecular weight excluding hydrogens is 274 g/mol. The molecule has 1 rings (SSSR count). The summed E-state index contributed by atoms with van der Waals surface area (Å²) in [6.45, 7) is 13.1. The highest BCUT2D eigenvalue weighted by Crippen LogP contribution is 2.16. The van der Waals surface area contributed by atoms with Crippen LogP contribution in [0.15, 0.2) is 24.3 Å². The number of hydrogen-bond acceptors (Lipinski definition) is 3. The van der Waals surface area contributed by atoms with Crippen LogP contribution in [-0.4, -0.2) is 24.5 Å². The highest BCUT2D eigenvalue weighted by Gasteiger charge is 2.22. The number of ketones is 1. The van der Waals surface area contributed by atoms with Gasteiger partial charge in [0.2, 0.25) is 0 Å². The average Bonchev–Trinajstić information content (AvgIpc) is 2.44. The van der Waals surface area contributed by atoms with Crippen molar-refractivity contribution >= 4 is 5.78 Å². The first-order valence-corrected chi connectivity index (χ1v) is 8.31. The molecule has 22 heavy (non-hydrogen) atoms. The maximum atomic E-state index is 12.3. The normalized spacial score (nSPS) is 13.0. The van der Waals surface area contributed by atoms with Crippen molar-refractivity contribution in [3.05, 3.63) is 29.8 Å². The molecule has 0 aromatic heterocycles. The van der Waals surface area contributed by atoms with Crippen molar-refractivity contribution in [2.45, 2.75) is 60.0 Å². The van der Waals surface area contributed by atoms with Gasteiger partial charge in [-0.3, -0.25) is 4.79 Å². The Bertz CT molecular complexity index is 449. The van der Waals surface area contributed by atoms with Crippen molar-refractivity contribution in [3.63, 3.8) is 0 Å². The van der Waals surface area contributed by atoms with E-state index in [1.807, 2.05) is 26.0 Å². The summed E-state index contributed by atoms with van der Waals surface area (Å²) in [4.78, 5) is 12.3. The maximum Gasteiger partial charge on any atom is 0.152 e. The van der Waals surface area contributed by atoms with E-state index < -0.39 is 0 Å². The minimum atomic E-state index is -0.123. The lowest BCUT2D eigenvalue weighted by Crippen LogP contribution is -2.44. The molecule has 0 saturated carbocycles. The molecule has 0 fully saturated rings. The van der Waals surface area contributed by atoms with Crippen molar-refractivity contribution in [1.29, 1.82) is 0 Å². The van der Waals surface area contributed by atoms with Crippen molar-refractivity contribution in [2.75, 3.05) is 6.61 Å². The molecule has 1 aromatic rings. The second-order valence-electron chi connectivity index (χ2n) is 6.98. The number of carbonyl (C=O) groups is 1. The largest absolute Gasteiger partial charge is 0.493 e. The van der Waals surface area contributed by atoms with Gasteiger partial charge >= 0.3 is 0 Å². The summed E-state index contributed by atoms with van der Waals surface area (Å²) in [5, 5.41) is 3.38. The van der Waals surface area contributed by atoms with Crippen LogP contribution in [0.1, 0.15) is 47.1 Å². The number of carbonyl (C=O) groups excluding carboxylic acids is 1. The van der Waals surface area contributed by atoms with Crippen LogP contribution < -0.4 is 10.1 Å². The molecule has 0 aliphatic heterocycles. The summed E-state index contributed by atoms with van der Waals surface area (Å²) in [5.41, 5.74) is 1.16. The van der Waals surface area contributed by atoms with Gasteiger partial charge in [-0.15, -0.1) is 0 Å². The van der Waals surface area contributed by atoms with Gasteiger partial charge in [0, 0.05) is 12.0 Å². The molecule has 0 heterocycles. The van der Waals surface area contributed by atoms with Gasteiger partial charge in [-0.25, -0.2) is 0 Å². The van der Waals surface area contributed by atoms with E-state index in [0.29, 0.717) is 12.0 Å². The highest BCUT2D eigenvalue weighted by atomic mass is 16.5. The topological polar surface area (TPSA) is 38.3 Å². The number of hydrogen-bond donors (Lipinski definition) is 1. The van der Waals surface area contributed by atoms with E-state index in [0.717, 1.165) is 24.3 Å². The summed E-state index contributed by atoms with van der Waals surface area (Å²) in [6.07, 6.45) is 0.722. The Balaban J connectivity index is 2.70. The molecule has 0 amide bonds. The van der Waals surface area contributed by atoms with Crippen LogP contribution in [0.5, 0.6) is 5.75 Å². The molecule has 3 heteroatoms. The van der Waals surface area contributed by atoms with E-state index >= 15 is 0 Å². The summed E-state index contributed by atoms with van der Waals surface area (Å²) in [6, 6.07) is 8.26. The Morgan fingerprint density at radius 2 is 1.64 bits per heavy atom. The van der Waals surface area contributed by atoms with E-state index in [2.05, 4.69) is 45.1 Å². The molecule has 1 unspecified atom stereocenters. The van der Waals surface area contributed by atoms with Crippen LogP contribution in [0.3, 0.4) is 0 Å². The van der Waals surface area contributed by atoms with Crippen LogP contribution in [0.25, 0.3) is 0 Å². The van der Waals surface area contributed by atoms with Crippen molar-refractivity contribution < 1.29 is 9.53 Å². The molecule has 0 aliphatic rings. The highest BCUT2D eigenvalue weighted by molar-refractivity contribution is 5.86. The standard InChI is InChI=1S/C19H31NO2/c1-13(2)12-22-17-9-7-16(8-10-17)11-18(20-15(5)6)19(21)14(3)4/h7-10,13-15,18,20H,11-12H2,1-6H3. The number of Topliss-reactive ketones (excluding diaryl/α,β-unsaturated/α-hetero) is 1. The Morgan fingerprint density at radius 1 is 1.05 bits per heavy atom. The molecule has 0 aliphatic carbocycles. The first kappa shape index (κ1) is 18.7. The van der Waals surface area contributed by atoms with Crippen LogP contribution in [0, 0.1) is 11.8 Å². The van der Waals surface area contributed by atoms with Gasteiger partial charge in [-0.05, 0) is 30.0 Å². The van der Waals surface area contributed by atoms with Crippen LogP contribution >= 0.6 is 0 Å². The second kappa shape index (κ2) is 8.94. The maximum absolute atomic E-state index is 12.3. The molecule has 0 saturated heterocycles. The summed E-state index contributed by atoms with van der Waals surface area (Å²) < 4.78 is 5.70. The van der Waals surface area contributed by atoms with Gasteiger partial charge in [0.25, 0.3) is 0 Å². The van der Waals surface area contributed by atoms with Gasteiger partial charge in [0.05, 0.1) is 12.6 Å². The fourth-order valence-corrected chi connectivity index (χ4v) is 2.27. The molecule has 3 nitrogen and oxygen atoms in total. The quantitative estimate of drug-likeness (QED) is 0.753. The Kier molecular flexibility index (Phi) is 7.60. The zero-order chi connectivity index (χ0) is 16.7. The van der Waals surface area contributed by atoms with E-state index in [-0.39, 0.29) is 17.7 Å². The van der Waals surface area contributed by atoms with Crippen molar-refractivity contribution in [1.82, 2.24) is 5.32 Å². The minimum Gasteiger partial charge on any atom is -0.493 e. The smallest absolute Gasteiger partial charge is 0.152 e. The molecule has 1 atom stereocenters. The minimum absolute atomic E-state index is 0.0462. The summed E-state index contributed by atoms with van der Waals surface area (Å²) in [5.74, 6) is 1.72. The third-order valence-corrected chi connectivity index (χ3v) is 3.39. The number of ether oxygens (including phenoxy) is 1. The first-order chi connectivity index (χ1) is 10.3. The molecule has 0 radical (unpaired) electrons. The fraction of sp³-hybridized carbons (Fsp3) is 0.632. The average molecular weight is 305 g/mol. The lowest BCUT2D eigenvalue weighted by molar-refractivity contribution is -0.124. The van der Waals surface area contributed by atoms with Gasteiger partial charge < -0.3 is 10.1 Å². The SMILES string of the molecule is CC(C)COc1ccc(CC(NC(C)C)C(=O)C(C)C)cc1. The zero-order valence-corrected chi connectivity index (χ0v) is 14.8. The first-order valence-electron chi connectivity index (χ1n) is 8.31. The van der Waals surface area contributed by atoms with Gasteiger partial charge in [-0.1, -0.05) is 53.7 Å². The van der Waals surface area contributed by atoms with Gasteiger partial charge in [-0.2, -0.15) is 0 Å². The predicted molar refractivity (Wildman–Crippen MR) is 92.4 cm³/mol. The summed E-state index contributed by atoms with van der Waals surface area (Å²) >= 11 is 0. The number of nitrogens with one attached hydrogen (secondary N) is 1.